The van der Waals surface area contributed by atoms with E-state index in [1.165, 1.54) is 7.11 Å². The van der Waals surface area contributed by atoms with Crippen molar-refractivity contribution in [2.45, 2.75) is 72.1 Å². The molecule has 2 atom stereocenters. The lowest BCUT2D eigenvalue weighted by atomic mass is 9.84. The van der Waals surface area contributed by atoms with E-state index < -0.39 is 24.3 Å². The van der Waals surface area contributed by atoms with E-state index in [4.69, 9.17) is 14.7 Å². The Hall–Kier alpha value is -4.99. The lowest BCUT2D eigenvalue weighted by molar-refractivity contribution is -0.141. The largest absolute Gasteiger partial charge is 0.481 e. The highest BCUT2D eigenvalue weighted by Gasteiger charge is 2.35. The summed E-state index contributed by atoms with van der Waals surface area (Å²) < 4.78 is 4.90. The summed E-state index contributed by atoms with van der Waals surface area (Å²) in [4.78, 5) is 54.1. The molecule has 8 bridgehead atoms. The fraction of sp³-hybridized carbons (Fsp3) is 0.343. The minimum absolute atomic E-state index is 0.0607. The summed E-state index contributed by atoms with van der Waals surface area (Å²) in [6.07, 6.45) is 2.47. The maximum Gasteiger partial charge on any atom is 0.338 e. The van der Waals surface area contributed by atoms with Gasteiger partial charge in [-0.25, -0.2) is 9.78 Å². The van der Waals surface area contributed by atoms with Gasteiger partial charge in [0.05, 0.1) is 36.2 Å². The highest BCUT2D eigenvalue weighted by atomic mass is 16.5. The minimum Gasteiger partial charge on any atom is -0.481 e. The van der Waals surface area contributed by atoms with Crippen LogP contribution in [0.2, 0.25) is 0 Å². The number of aryl methyl sites for hydroxylation is 3. The molecule has 4 N–H and O–H groups in total. The molecule has 0 unspecified atom stereocenters. The van der Waals surface area contributed by atoms with E-state index in [0.29, 0.717) is 29.1 Å². The number of rotatable bonds is 8. The Morgan fingerprint density at radius 3 is 2.29 bits per heavy atom. The van der Waals surface area contributed by atoms with Gasteiger partial charge in [0.1, 0.15) is 0 Å². The fourth-order valence-corrected chi connectivity index (χ4v) is 6.62. The Kier molecular flexibility index (Phi) is 8.51. The molecule has 3 aromatic rings. The first-order valence-corrected chi connectivity index (χ1v) is 15.0. The summed E-state index contributed by atoms with van der Waals surface area (Å²) in [5.74, 6) is -3.35. The van der Waals surface area contributed by atoms with Crippen LogP contribution < -0.4 is 0 Å². The monoisotopic (exact) mass is 610 g/mol. The molecule has 2 aliphatic heterocycles. The number of carbonyl (C=O) groups excluding carboxylic acids is 1. The van der Waals surface area contributed by atoms with Crippen molar-refractivity contribution in [3.63, 3.8) is 0 Å². The van der Waals surface area contributed by atoms with Gasteiger partial charge in [-0.05, 0) is 74.1 Å². The normalized spacial score (nSPS) is 16.1. The van der Waals surface area contributed by atoms with Gasteiger partial charge in [0.25, 0.3) is 0 Å². The van der Waals surface area contributed by atoms with Crippen LogP contribution in [-0.4, -0.2) is 55.2 Å². The Balaban J connectivity index is 2.01. The zero-order valence-corrected chi connectivity index (χ0v) is 26.4. The second kappa shape index (κ2) is 12.2. The molecule has 0 fully saturated rings. The Morgan fingerprint density at radius 2 is 1.67 bits per heavy atom. The zero-order chi connectivity index (χ0) is 32.7. The van der Waals surface area contributed by atoms with E-state index in [9.17, 15) is 24.6 Å². The average molecular weight is 611 g/mol. The second-order valence-corrected chi connectivity index (χ2v) is 11.7. The van der Waals surface area contributed by atoms with Gasteiger partial charge in [0.2, 0.25) is 0 Å². The van der Waals surface area contributed by atoms with Crippen molar-refractivity contribution in [3.05, 3.63) is 75.4 Å². The molecule has 5 heterocycles. The number of carboxylic acid groups (broad SMARTS) is 2. The lowest BCUT2D eigenvalue weighted by Crippen LogP contribution is -2.13. The van der Waals surface area contributed by atoms with Gasteiger partial charge < -0.3 is 24.9 Å². The fourth-order valence-electron chi connectivity index (χ4n) is 6.62. The van der Waals surface area contributed by atoms with Gasteiger partial charge in [0, 0.05) is 57.1 Å². The predicted octanol–water partition coefficient (Wildman–Crippen LogP) is 6.62. The van der Waals surface area contributed by atoms with Crippen molar-refractivity contribution in [3.8, 4) is 0 Å². The van der Waals surface area contributed by atoms with Gasteiger partial charge in [-0.15, -0.1) is 0 Å². The number of H-pyrrole nitrogens is 2. The SMILES string of the molecule is C=Cc1c(C)c2cc3nc(c(CC(=O)O)c4nc(cc5[nH]c(cc1[nH]2)c(C)c5CC)C(C)=C4C(=O)O)[C@@H](CCC(=O)OC)[C@@H]3C. The Bertz CT molecular complexity index is 1960. The number of aromatic amines is 2. The third-order valence-corrected chi connectivity index (χ3v) is 9.16. The minimum atomic E-state index is -1.21. The topological polar surface area (TPSA) is 158 Å². The van der Waals surface area contributed by atoms with Crippen molar-refractivity contribution in [2.24, 2.45) is 0 Å². The van der Waals surface area contributed by atoms with Crippen LogP contribution in [0.25, 0.3) is 39.3 Å². The number of aliphatic carboxylic acids is 2. The van der Waals surface area contributed by atoms with E-state index in [0.717, 1.165) is 50.7 Å². The number of allylic oxidation sites excluding steroid dienone is 1. The summed E-state index contributed by atoms with van der Waals surface area (Å²) in [6, 6.07) is 5.82. The molecule has 0 amide bonds. The van der Waals surface area contributed by atoms with Crippen LogP contribution >= 0.6 is 0 Å². The maximum absolute atomic E-state index is 12.7. The Morgan fingerprint density at radius 1 is 0.978 bits per heavy atom. The summed E-state index contributed by atoms with van der Waals surface area (Å²) >= 11 is 0. The molecule has 0 aliphatic carbocycles. The van der Waals surface area contributed by atoms with Crippen LogP contribution in [-0.2, 0) is 32.0 Å². The summed E-state index contributed by atoms with van der Waals surface area (Å²) in [5.41, 5.74) is 9.63. The molecule has 10 heteroatoms. The molecule has 10 nitrogen and oxygen atoms in total. The zero-order valence-electron chi connectivity index (χ0n) is 26.4. The van der Waals surface area contributed by atoms with Crippen molar-refractivity contribution in [1.29, 1.82) is 0 Å². The third-order valence-electron chi connectivity index (χ3n) is 9.16. The summed E-state index contributed by atoms with van der Waals surface area (Å²) in [5, 5.41) is 20.5. The van der Waals surface area contributed by atoms with Crippen molar-refractivity contribution in [2.75, 3.05) is 7.11 Å². The molecular weight excluding hydrogens is 572 g/mol. The highest BCUT2D eigenvalue weighted by molar-refractivity contribution is 6.24. The second-order valence-electron chi connectivity index (χ2n) is 11.7. The van der Waals surface area contributed by atoms with Crippen LogP contribution in [0, 0.1) is 13.8 Å². The smallest absolute Gasteiger partial charge is 0.338 e. The van der Waals surface area contributed by atoms with Crippen LogP contribution in [0.3, 0.4) is 0 Å². The van der Waals surface area contributed by atoms with E-state index in [1.54, 1.807) is 6.92 Å². The molecule has 0 saturated carbocycles. The summed E-state index contributed by atoms with van der Waals surface area (Å²) in [6.45, 7) is 13.8. The molecule has 234 valence electrons. The van der Waals surface area contributed by atoms with Crippen molar-refractivity contribution in [1.82, 2.24) is 19.9 Å². The number of fused-ring (bicyclic) bond motifs is 8. The number of methoxy groups -OCH3 is 1. The highest BCUT2D eigenvalue weighted by Crippen LogP contribution is 2.43. The number of hydrogen-bond donors (Lipinski definition) is 4. The lowest BCUT2D eigenvalue weighted by Gasteiger charge is -2.18. The van der Waals surface area contributed by atoms with E-state index in [-0.39, 0.29) is 35.1 Å². The van der Waals surface area contributed by atoms with Gasteiger partial charge in [-0.1, -0.05) is 26.5 Å². The van der Waals surface area contributed by atoms with Gasteiger partial charge in [0.15, 0.2) is 0 Å². The van der Waals surface area contributed by atoms with Crippen LogP contribution in [0.5, 0.6) is 0 Å². The number of carboxylic acids is 2. The van der Waals surface area contributed by atoms with Crippen molar-refractivity contribution < 1.29 is 29.3 Å². The molecular formula is C35H38N4O6. The molecule has 2 aliphatic rings. The van der Waals surface area contributed by atoms with Crippen LogP contribution in [0.1, 0.15) is 96.0 Å². The molecule has 45 heavy (non-hydrogen) atoms. The molecule has 0 spiro atoms. The first-order valence-electron chi connectivity index (χ1n) is 15.0. The summed E-state index contributed by atoms with van der Waals surface area (Å²) in [7, 11) is 1.32. The van der Waals surface area contributed by atoms with Crippen molar-refractivity contribution >= 4 is 57.2 Å². The number of esters is 1. The number of ether oxygens (including phenoxy) is 1. The number of hydrogen-bond acceptors (Lipinski definition) is 6. The first-order chi connectivity index (χ1) is 21.4. The average Bonchev–Trinajstić information content (AvgIpc) is 3.67. The number of nitrogens with one attached hydrogen (secondary N) is 2. The molecule has 3 aromatic heterocycles. The number of aromatic nitrogens is 4. The molecule has 0 radical (unpaired) electrons. The number of carbonyl (C=O) groups is 3. The van der Waals surface area contributed by atoms with E-state index >= 15 is 0 Å². The maximum atomic E-state index is 12.7. The van der Waals surface area contributed by atoms with Crippen LogP contribution in [0.15, 0.2) is 24.8 Å². The predicted molar refractivity (Wildman–Crippen MR) is 174 cm³/mol. The van der Waals surface area contributed by atoms with E-state index in [1.807, 2.05) is 45.0 Å². The standard InChI is InChI=1S/C35H38N4O6/c1-8-20-16(3)24-13-26-18(5)22(10-11-31(42)45-7)33(38-26)23(12-30(40)41)34-32(35(43)44)19(6)27(39-34)15-29-21(9-2)17(4)25(37-29)14-28(20)36-24/h8,13-15,18,22,36-37H,1,9-12H2,2-7H3,(H,40,41)(H,43,44)/t18-,22-/m0/s1. The molecule has 0 saturated heterocycles. The van der Waals surface area contributed by atoms with E-state index in [2.05, 4.69) is 23.5 Å². The van der Waals surface area contributed by atoms with Gasteiger partial charge >= 0.3 is 17.9 Å². The molecule has 0 aromatic carbocycles. The quantitative estimate of drug-likeness (QED) is 0.207. The Labute approximate surface area is 260 Å². The van der Waals surface area contributed by atoms with Gasteiger partial charge in [-0.3, -0.25) is 14.6 Å². The molecule has 5 rings (SSSR count). The number of nitrogens with zero attached hydrogens (tertiary/aromatic N) is 2. The first kappa shape index (κ1) is 31.4. The third kappa shape index (κ3) is 5.56. The van der Waals surface area contributed by atoms with Gasteiger partial charge in [-0.2, -0.15) is 0 Å². The van der Waals surface area contributed by atoms with Crippen LogP contribution in [0.4, 0.5) is 0 Å².